The van der Waals surface area contributed by atoms with Gasteiger partial charge >= 0.3 is 0 Å². The van der Waals surface area contributed by atoms with E-state index in [9.17, 15) is 0 Å². The molecule has 2 aliphatic rings. The van der Waals surface area contributed by atoms with Gasteiger partial charge in [-0.25, -0.2) is 0 Å². The Morgan fingerprint density at radius 1 is 1.44 bits per heavy atom. The van der Waals surface area contributed by atoms with E-state index >= 15 is 0 Å². The minimum atomic E-state index is 0.491. The van der Waals surface area contributed by atoms with Gasteiger partial charge in [0.2, 0.25) is 0 Å². The van der Waals surface area contributed by atoms with E-state index in [1.807, 2.05) is 0 Å². The summed E-state index contributed by atoms with van der Waals surface area (Å²) >= 11 is 0. The lowest BCUT2D eigenvalue weighted by molar-refractivity contribution is 0.400. The second-order valence-corrected chi connectivity index (χ2v) is 4.77. The summed E-state index contributed by atoms with van der Waals surface area (Å²) in [6, 6.07) is 3.30. The molecule has 0 radical (unpaired) electrons. The fourth-order valence-electron chi connectivity index (χ4n) is 2.76. The molecule has 1 saturated heterocycles. The number of nitrogens with one attached hydrogen (secondary N) is 1. The fourth-order valence-corrected chi connectivity index (χ4v) is 2.76. The summed E-state index contributed by atoms with van der Waals surface area (Å²) in [7, 11) is 0. The molecule has 3 heterocycles. The molecule has 0 unspecified atom stereocenters. The summed E-state index contributed by atoms with van der Waals surface area (Å²) in [5.74, 6) is 0.969. The third-order valence-electron chi connectivity index (χ3n) is 3.70. The van der Waals surface area contributed by atoms with Crippen LogP contribution >= 0.6 is 0 Å². The third kappa shape index (κ3) is 1.69. The van der Waals surface area contributed by atoms with Gasteiger partial charge in [-0.2, -0.15) is 0 Å². The molecule has 1 fully saturated rings. The van der Waals surface area contributed by atoms with Crippen molar-refractivity contribution in [1.29, 1.82) is 0 Å². The monoisotopic (exact) mass is 218 g/mol. The lowest BCUT2D eigenvalue weighted by atomic mass is 9.98. The van der Waals surface area contributed by atoms with Crippen LogP contribution in [-0.4, -0.2) is 17.2 Å². The number of aryl methyl sites for hydroxylation is 1. The average molecular weight is 218 g/mol. The highest BCUT2D eigenvalue weighted by Gasteiger charge is 2.30. The van der Waals surface area contributed by atoms with Gasteiger partial charge in [0.25, 0.3) is 0 Å². The normalized spacial score (nSPS) is 28.9. The summed E-state index contributed by atoms with van der Waals surface area (Å²) in [4.78, 5) is 0. The van der Waals surface area contributed by atoms with Gasteiger partial charge in [-0.05, 0) is 32.1 Å². The van der Waals surface area contributed by atoms with E-state index in [0.717, 1.165) is 24.3 Å². The predicted octanol–water partition coefficient (Wildman–Crippen LogP) is 2.53. The third-order valence-corrected chi connectivity index (χ3v) is 3.70. The van der Waals surface area contributed by atoms with Crippen molar-refractivity contribution in [3.63, 3.8) is 0 Å². The van der Waals surface area contributed by atoms with Crippen LogP contribution in [-0.2, 0) is 6.42 Å². The Morgan fingerprint density at radius 2 is 2.38 bits per heavy atom. The summed E-state index contributed by atoms with van der Waals surface area (Å²) < 4.78 is 5.44. The molecule has 0 spiro atoms. The number of hydrogen-bond donors (Lipinski definition) is 1. The molecule has 0 aromatic carbocycles. The number of fused-ring (bicyclic) bond motifs is 2. The van der Waals surface area contributed by atoms with Crippen LogP contribution in [0, 0.1) is 0 Å². The Labute approximate surface area is 95.9 Å². The van der Waals surface area contributed by atoms with Crippen LogP contribution in [0.25, 0.3) is 5.57 Å². The molecule has 3 nitrogen and oxygen atoms in total. The van der Waals surface area contributed by atoms with Crippen LogP contribution in [0.5, 0.6) is 0 Å². The van der Waals surface area contributed by atoms with Gasteiger partial charge in [-0.1, -0.05) is 18.2 Å². The number of hydrogen-bond acceptors (Lipinski definition) is 3. The molecule has 3 heteroatoms. The number of allylic oxidation sites excluding steroid dienone is 1. The van der Waals surface area contributed by atoms with E-state index in [2.05, 4.69) is 29.5 Å². The van der Waals surface area contributed by atoms with Gasteiger partial charge in [-0.3, -0.25) is 0 Å². The van der Waals surface area contributed by atoms with Crippen molar-refractivity contribution in [3.05, 3.63) is 23.6 Å². The lowest BCUT2D eigenvalue weighted by Gasteiger charge is -2.11. The van der Waals surface area contributed by atoms with Crippen LogP contribution in [0.4, 0.5) is 0 Å². The molecule has 3 rings (SSSR count). The van der Waals surface area contributed by atoms with E-state index in [1.54, 1.807) is 0 Å². The highest BCUT2D eigenvalue weighted by atomic mass is 16.5. The van der Waals surface area contributed by atoms with Gasteiger partial charge in [0, 0.05) is 23.7 Å². The molecule has 86 valence electrons. The zero-order valence-electron chi connectivity index (χ0n) is 9.70. The number of rotatable bonds is 2. The first-order chi connectivity index (χ1) is 7.86. The molecule has 1 aromatic heterocycles. The van der Waals surface area contributed by atoms with E-state index in [4.69, 9.17) is 4.52 Å². The van der Waals surface area contributed by atoms with Crippen molar-refractivity contribution in [3.8, 4) is 0 Å². The standard InChI is InChI=1S/C13H18N2O/c1-2-9-8-13(16-15-9)11-5-3-4-10-6-7-12(11)14-10/h5,8,10,12,14H,2-4,6-7H2,1H3/t10-,12-/m1/s1. The summed E-state index contributed by atoms with van der Waals surface area (Å²) in [6.07, 6.45) is 8.23. The van der Waals surface area contributed by atoms with E-state index in [1.165, 1.54) is 24.8 Å². The number of nitrogens with zero attached hydrogens (tertiary/aromatic N) is 1. The van der Waals surface area contributed by atoms with E-state index < -0.39 is 0 Å². The summed E-state index contributed by atoms with van der Waals surface area (Å²) in [5.41, 5.74) is 2.38. The predicted molar refractivity (Wildman–Crippen MR) is 63.0 cm³/mol. The van der Waals surface area contributed by atoms with Crippen molar-refractivity contribution in [2.45, 2.75) is 51.1 Å². The maximum absolute atomic E-state index is 5.44. The van der Waals surface area contributed by atoms with Crippen LogP contribution in [0.15, 0.2) is 16.7 Å². The van der Waals surface area contributed by atoms with Gasteiger partial charge < -0.3 is 9.84 Å². The largest absolute Gasteiger partial charge is 0.356 e. The molecule has 1 aromatic rings. The van der Waals surface area contributed by atoms with Crippen molar-refractivity contribution in [2.24, 2.45) is 0 Å². The Balaban J connectivity index is 1.89. The first-order valence-electron chi connectivity index (χ1n) is 6.29. The fraction of sp³-hybridized carbons (Fsp3) is 0.615. The zero-order valence-corrected chi connectivity index (χ0v) is 9.70. The molecule has 0 saturated carbocycles. The minimum absolute atomic E-state index is 0.491. The molecule has 16 heavy (non-hydrogen) atoms. The molecular weight excluding hydrogens is 200 g/mol. The van der Waals surface area contributed by atoms with Crippen LogP contribution in [0.3, 0.4) is 0 Å². The SMILES string of the molecule is CCc1cc(C2=CCC[C@@H]3CC[C@H]2N3)on1. The van der Waals surface area contributed by atoms with Crippen LogP contribution in [0.1, 0.15) is 44.1 Å². The molecular formula is C13H18N2O. The van der Waals surface area contributed by atoms with Crippen molar-refractivity contribution < 1.29 is 4.52 Å². The van der Waals surface area contributed by atoms with Crippen molar-refractivity contribution >= 4 is 5.57 Å². The molecule has 2 aliphatic heterocycles. The first-order valence-corrected chi connectivity index (χ1v) is 6.29. The first kappa shape index (κ1) is 10.1. The van der Waals surface area contributed by atoms with Gasteiger partial charge in [-0.15, -0.1) is 0 Å². The highest BCUT2D eigenvalue weighted by molar-refractivity contribution is 5.66. The zero-order chi connectivity index (χ0) is 11.0. The Bertz CT molecular complexity index is 408. The molecule has 2 bridgehead atoms. The maximum Gasteiger partial charge on any atom is 0.164 e. The van der Waals surface area contributed by atoms with Gasteiger partial charge in [0.1, 0.15) is 0 Å². The molecule has 1 N–H and O–H groups in total. The Kier molecular flexibility index (Phi) is 2.56. The highest BCUT2D eigenvalue weighted by Crippen LogP contribution is 2.32. The Morgan fingerprint density at radius 3 is 3.19 bits per heavy atom. The molecule has 0 aliphatic carbocycles. The average Bonchev–Trinajstić information content (AvgIpc) is 2.86. The minimum Gasteiger partial charge on any atom is -0.356 e. The Hall–Kier alpha value is -1.09. The second kappa shape index (κ2) is 4.06. The quantitative estimate of drug-likeness (QED) is 0.829. The van der Waals surface area contributed by atoms with Gasteiger partial charge in [0.05, 0.1) is 5.69 Å². The number of aromatic nitrogens is 1. The van der Waals surface area contributed by atoms with Gasteiger partial charge in [0.15, 0.2) is 5.76 Å². The van der Waals surface area contributed by atoms with Crippen LogP contribution < -0.4 is 5.32 Å². The lowest BCUT2D eigenvalue weighted by Crippen LogP contribution is -2.28. The second-order valence-electron chi connectivity index (χ2n) is 4.77. The van der Waals surface area contributed by atoms with Crippen molar-refractivity contribution in [2.75, 3.05) is 0 Å². The molecule has 0 amide bonds. The van der Waals surface area contributed by atoms with E-state index in [0.29, 0.717) is 12.1 Å². The smallest absolute Gasteiger partial charge is 0.164 e. The van der Waals surface area contributed by atoms with E-state index in [-0.39, 0.29) is 0 Å². The van der Waals surface area contributed by atoms with Crippen molar-refractivity contribution in [1.82, 2.24) is 10.5 Å². The van der Waals surface area contributed by atoms with Crippen LogP contribution in [0.2, 0.25) is 0 Å². The summed E-state index contributed by atoms with van der Waals surface area (Å²) in [5, 5.41) is 7.75. The topological polar surface area (TPSA) is 38.1 Å². The maximum atomic E-state index is 5.44. The summed E-state index contributed by atoms with van der Waals surface area (Å²) in [6.45, 7) is 2.10. The molecule has 2 atom stereocenters.